The molecule has 1 heterocycles. The lowest BCUT2D eigenvalue weighted by Crippen LogP contribution is -1.98. The Balaban J connectivity index is 1.96. The van der Waals surface area contributed by atoms with E-state index in [4.69, 9.17) is 4.42 Å². The maximum absolute atomic E-state index is 5.02. The molecule has 16 heavy (non-hydrogen) atoms. The standard InChI is InChI=1S/C13H15NOS/c1-16-10-11-3-2-4-13(7-11)14-8-12-5-6-15-9-12/h2-7,9,14H,8,10H2,1H3. The third-order valence-corrected chi connectivity index (χ3v) is 2.94. The molecular weight excluding hydrogens is 218 g/mol. The second-order valence-corrected chi connectivity index (χ2v) is 4.48. The van der Waals surface area contributed by atoms with Crippen molar-refractivity contribution in [2.45, 2.75) is 12.3 Å². The van der Waals surface area contributed by atoms with Crippen LogP contribution in [0.15, 0.2) is 47.3 Å². The summed E-state index contributed by atoms with van der Waals surface area (Å²) < 4.78 is 5.02. The summed E-state index contributed by atoms with van der Waals surface area (Å²) in [6.07, 6.45) is 5.57. The summed E-state index contributed by atoms with van der Waals surface area (Å²) in [6.45, 7) is 0.805. The number of hydrogen-bond acceptors (Lipinski definition) is 3. The third kappa shape index (κ3) is 3.07. The summed E-state index contributed by atoms with van der Waals surface area (Å²) in [4.78, 5) is 0. The Morgan fingerprint density at radius 1 is 1.25 bits per heavy atom. The lowest BCUT2D eigenvalue weighted by Gasteiger charge is -2.06. The number of anilines is 1. The van der Waals surface area contributed by atoms with Crippen LogP contribution in [0.3, 0.4) is 0 Å². The molecule has 1 aromatic heterocycles. The van der Waals surface area contributed by atoms with Gasteiger partial charge in [0.1, 0.15) is 0 Å². The summed E-state index contributed by atoms with van der Waals surface area (Å²) in [5.41, 5.74) is 3.67. The van der Waals surface area contributed by atoms with Crippen molar-refractivity contribution in [3.05, 3.63) is 54.0 Å². The number of thioether (sulfide) groups is 1. The van der Waals surface area contributed by atoms with Gasteiger partial charge in [-0.25, -0.2) is 0 Å². The van der Waals surface area contributed by atoms with Gasteiger partial charge in [-0.2, -0.15) is 11.8 Å². The van der Waals surface area contributed by atoms with E-state index in [0.717, 1.165) is 23.5 Å². The highest BCUT2D eigenvalue weighted by Gasteiger charge is 1.97. The van der Waals surface area contributed by atoms with Gasteiger partial charge >= 0.3 is 0 Å². The van der Waals surface area contributed by atoms with E-state index >= 15 is 0 Å². The van der Waals surface area contributed by atoms with E-state index in [1.807, 2.05) is 17.8 Å². The largest absolute Gasteiger partial charge is 0.472 e. The van der Waals surface area contributed by atoms with Crippen molar-refractivity contribution in [3.63, 3.8) is 0 Å². The van der Waals surface area contributed by atoms with Gasteiger partial charge in [-0.15, -0.1) is 0 Å². The molecule has 0 radical (unpaired) electrons. The van der Waals surface area contributed by atoms with E-state index in [1.165, 1.54) is 5.56 Å². The first kappa shape index (κ1) is 11.1. The fourth-order valence-corrected chi connectivity index (χ4v) is 2.05. The average molecular weight is 233 g/mol. The maximum Gasteiger partial charge on any atom is 0.0952 e. The molecule has 1 aromatic carbocycles. The predicted molar refractivity (Wildman–Crippen MR) is 69.7 cm³/mol. The van der Waals surface area contributed by atoms with Gasteiger partial charge in [-0.05, 0) is 30.0 Å². The van der Waals surface area contributed by atoms with Crippen LogP contribution in [0.1, 0.15) is 11.1 Å². The van der Waals surface area contributed by atoms with E-state index in [2.05, 4.69) is 35.8 Å². The van der Waals surface area contributed by atoms with Crippen LogP contribution in [-0.4, -0.2) is 6.26 Å². The van der Waals surface area contributed by atoms with Gasteiger partial charge in [-0.3, -0.25) is 0 Å². The molecule has 0 atom stereocenters. The number of rotatable bonds is 5. The van der Waals surface area contributed by atoms with Gasteiger partial charge in [0.05, 0.1) is 12.5 Å². The van der Waals surface area contributed by atoms with Gasteiger partial charge in [0.2, 0.25) is 0 Å². The van der Waals surface area contributed by atoms with E-state index in [-0.39, 0.29) is 0 Å². The molecule has 1 N–H and O–H groups in total. The molecular formula is C13H15NOS. The second kappa shape index (κ2) is 5.66. The Kier molecular flexibility index (Phi) is 3.94. The highest BCUT2D eigenvalue weighted by molar-refractivity contribution is 7.97. The van der Waals surface area contributed by atoms with Crippen LogP contribution in [0.2, 0.25) is 0 Å². The Morgan fingerprint density at radius 3 is 2.94 bits per heavy atom. The number of nitrogens with one attached hydrogen (secondary N) is 1. The quantitative estimate of drug-likeness (QED) is 0.851. The number of benzene rings is 1. The maximum atomic E-state index is 5.02. The van der Waals surface area contributed by atoms with Crippen LogP contribution < -0.4 is 5.32 Å². The van der Waals surface area contributed by atoms with Gasteiger partial charge in [0.25, 0.3) is 0 Å². The van der Waals surface area contributed by atoms with E-state index in [0.29, 0.717) is 0 Å². The van der Waals surface area contributed by atoms with Crippen LogP contribution in [0.4, 0.5) is 5.69 Å². The van der Waals surface area contributed by atoms with Crippen LogP contribution in [0, 0.1) is 0 Å². The molecule has 0 fully saturated rings. The normalized spacial score (nSPS) is 10.3. The van der Waals surface area contributed by atoms with Crippen molar-refractivity contribution >= 4 is 17.4 Å². The summed E-state index contributed by atoms with van der Waals surface area (Å²) >= 11 is 1.84. The first-order valence-electron chi connectivity index (χ1n) is 5.21. The van der Waals surface area contributed by atoms with Crippen molar-refractivity contribution in [1.29, 1.82) is 0 Å². The monoisotopic (exact) mass is 233 g/mol. The van der Waals surface area contributed by atoms with Crippen molar-refractivity contribution in [2.24, 2.45) is 0 Å². The fraction of sp³-hybridized carbons (Fsp3) is 0.231. The summed E-state index contributed by atoms with van der Waals surface area (Å²) in [5.74, 6) is 1.06. The zero-order valence-electron chi connectivity index (χ0n) is 9.27. The molecule has 0 amide bonds. The zero-order valence-corrected chi connectivity index (χ0v) is 10.1. The lowest BCUT2D eigenvalue weighted by molar-refractivity contribution is 0.564. The Morgan fingerprint density at radius 2 is 2.19 bits per heavy atom. The minimum absolute atomic E-state index is 0.805. The molecule has 84 valence electrons. The molecule has 2 rings (SSSR count). The molecule has 0 saturated heterocycles. The van der Waals surface area contributed by atoms with E-state index in [1.54, 1.807) is 12.5 Å². The second-order valence-electron chi connectivity index (χ2n) is 3.62. The van der Waals surface area contributed by atoms with Gasteiger partial charge in [0.15, 0.2) is 0 Å². The molecule has 3 heteroatoms. The summed E-state index contributed by atoms with van der Waals surface area (Å²) in [6, 6.07) is 10.5. The van der Waals surface area contributed by atoms with E-state index in [9.17, 15) is 0 Å². The highest BCUT2D eigenvalue weighted by atomic mass is 32.2. The van der Waals surface area contributed by atoms with Crippen LogP contribution >= 0.6 is 11.8 Å². The van der Waals surface area contributed by atoms with Crippen molar-refractivity contribution in [2.75, 3.05) is 11.6 Å². The summed E-state index contributed by atoms with van der Waals surface area (Å²) in [7, 11) is 0. The SMILES string of the molecule is CSCc1cccc(NCc2ccoc2)c1. The fourth-order valence-electron chi connectivity index (χ4n) is 1.54. The van der Waals surface area contributed by atoms with Gasteiger partial charge < -0.3 is 9.73 Å². The van der Waals surface area contributed by atoms with E-state index < -0.39 is 0 Å². The molecule has 2 aromatic rings. The topological polar surface area (TPSA) is 25.2 Å². The minimum Gasteiger partial charge on any atom is -0.472 e. The molecule has 0 saturated carbocycles. The highest BCUT2D eigenvalue weighted by Crippen LogP contribution is 2.15. The average Bonchev–Trinajstić information content (AvgIpc) is 2.80. The molecule has 0 aliphatic rings. The summed E-state index contributed by atoms with van der Waals surface area (Å²) in [5, 5.41) is 3.38. The van der Waals surface area contributed by atoms with Gasteiger partial charge in [-0.1, -0.05) is 12.1 Å². The smallest absolute Gasteiger partial charge is 0.0952 e. The molecule has 0 unspecified atom stereocenters. The van der Waals surface area contributed by atoms with Gasteiger partial charge in [0, 0.05) is 23.5 Å². The van der Waals surface area contributed by atoms with Crippen molar-refractivity contribution in [1.82, 2.24) is 0 Å². The molecule has 0 bridgehead atoms. The first-order chi connectivity index (χ1) is 7.88. The Bertz CT molecular complexity index is 425. The van der Waals surface area contributed by atoms with Crippen LogP contribution in [-0.2, 0) is 12.3 Å². The molecule has 0 aliphatic heterocycles. The number of furan rings is 1. The van der Waals surface area contributed by atoms with Crippen molar-refractivity contribution < 1.29 is 4.42 Å². The Hall–Kier alpha value is -1.35. The van der Waals surface area contributed by atoms with Crippen molar-refractivity contribution in [3.8, 4) is 0 Å². The molecule has 0 spiro atoms. The Labute approximate surface area is 100 Å². The van der Waals surface area contributed by atoms with Crippen LogP contribution in [0.25, 0.3) is 0 Å². The number of hydrogen-bond donors (Lipinski definition) is 1. The zero-order chi connectivity index (χ0) is 11.2. The molecule has 2 nitrogen and oxygen atoms in total. The minimum atomic E-state index is 0.805. The lowest BCUT2D eigenvalue weighted by atomic mass is 10.2. The third-order valence-electron chi connectivity index (χ3n) is 2.31. The molecule has 0 aliphatic carbocycles. The first-order valence-corrected chi connectivity index (χ1v) is 6.60. The van der Waals surface area contributed by atoms with Crippen LogP contribution in [0.5, 0.6) is 0 Å². The predicted octanol–water partition coefficient (Wildman–Crippen LogP) is 3.75.